The van der Waals surface area contributed by atoms with Crippen LogP contribution in [0.2, 0.25) is 0 Å². The van der Waals surface area contributed by atoms with Gasteiger partial charge in [-0.1, -0.05) is 0 Å². The maximum absolute atomic E-state index is 13.5. The molecule has 5 aliphatic rings. The van der Waals surface area contributed by atoms with Crippen LogP contribution in [0.25, 0.3) is 0 Å². The molecule has 5 aliphatic heterocycles. The Morgan fingerprint density at radius 3 is 2.12 bits per heavy atom. The lowest BCUT2D eigenvalue weighted by molar-refractivity contribution is -0.230. The normalized spacial score (nSPS) is 44.4. The van der Waals surface area contributed by atoms with Crippen molar-refractivity contribution in [2.24, 2.45) is 0 Å². The highest BCUT2D eigenvalue weighted by atomic mass is 31.2. The highest BCUT2D eigenvalue weighted by Gasteiger charge is 2.62. The Labute approximate surface area is 153 Å². The molecule has 0 bridgehead atoms. The van der Waals surface area contributed by atoms with Gasteiger partial charge in [0.15, 0.2) is 17.9 Å². The lowest BCUT2D eigenvalue weighted by Crippen LogP contribution is -2.44. The van der Waals surface area contributed by atoms with Gasteiger partial charge in [-0.05, 0) is 27.7 Å². The first kappa shape index (κ1) is 18.0. The molecule has 0 N–H and O–H groups in total. The summed E-state index contributed by atoms with van der Waals surface area (Å²) in [5.41, 5.74) is 0. The van der Waals surface area contributed by atoms with Gasteiger partial charge in [-0.15, -0.1) is 0 Å². The Kier molecular flexibility index (Phi) is 3.95. The van der Waals surface area contributed by atoms with Crippen LogP contribution in [0, 0.1) is 0 Å². The zero-order valence-corrected chi connectivity index (χ0v) is 16.5. The standard InChI is InChI=1S/C16H27N2O7P/c1-15(2)20-9-10(22-15)11-12(13-14(21-11)24-16(3,4)23-13)25-26(19,17-5-6-17)18-7-8-18/h10-14H,5-9H2,1-4H3/t10-,11+,12-,13-,14-/m1/s1. The molecule has 0 aliphatic carbocycles. The Morgan fingerprint density at radius 1 is 0.923 bits per heavy atom. The molecule has 10 heteroatoms. The molecule has 9 nitrogen and oxygen atoms in total. The largest absolute Gasteiger partial charge is 0.348 e. The highest BCUT2D eigenvalue weighted by molar-refractivity contribution is 7.54. The molecule has 5 rings (SSSR count). The van der Waals surface area contributed by atoms with Crippen molar-refractivity contribution in [1.82, 2.24) is 9.34 Å². The number of nitrogens with zero attached hydrogens (tertiary/aromatic N) is 2. The second-order valence-corrected chi connectivity index (χ2v) is 10.7. The van der Waals surface area contributed by atoms with Gasteiger partial charge in [-0.3, -0.25) is 9.09 Å². The number of hydrogen-bond acceptors (Lipinski definition) is 7. The SMILES string of the molecule is CC1(C)O[C@H]2O[C@@H]([C@H]3COC(C)(C)O3)[C@@H](OP(=O)(N3CC3)N3CC3)[C@H]2O1. The molecule has 0 aromatic heterocycles. The summed E-state index contributed by atoms with van der Waals surface area (Å²) in [5.74, 6) is -1.45. The van der Waals surface area contributed by atoms with Gasteiger partial charge < -0.3 is 23.7 Å². The van der Waals surface area contributed by atoms with E-state index in [4.69, 9.17) is 28.2 Å². The van der Waals surface area contributed by atoms with Crippen LogP contribution in [0.1, 0.15) is 27.7 Å². The third-order valence-corrected chi connectivity index (χ3v) is 7.99. The summed E-state index contributed by atoms with van der Waals surface area (Å²) in [5, 5.41) is 0. The topological polar surface area (TPSA) is 78.5 Å². The summed E-state index contributed by atoms with van der Waals surface area (Å²) in [4.78, 5) is 0. The van der Waals surface area contributed by atoms with Crippen LogP contribution >= 0.6 is 7.67 Å². The average Bonchev–Trinajstić information content (AvgIpc) is 3.43. The maximum Gasteiger partial charge on any atom is 0.346 e. The van der Waals surface area contributed by atoms with Crippen LogP contribution in [-0.4, -0.2) is 84.4 Å². The third-order valence-electron chi connectivity index (χ3n) is 5.24. The second kappa shape index (κ2) is 5.72. The van der Waals surface area contributed by atoms with Crippen LogP contribution in [0.3, 0.4) is 0 Å². The zero-order valence-electron chi connectivity index (χ0n) is 15.6. The van der Waals surface area contributed by atoms with E-state index in [1.54, 1.807) is 0 Å². The van der Waals surface area contributed by atoms with Crippen molar-refractivity contribution in [2.45, 2.75) is 70.0 Å². The van der Waals surface area contributed by atoms with Gasteiger partial charge in [-0.2, -0.15) is 0 Å². The summed E-state index contributed by atoms with van der Waals surface area (Å²) in [6, 6.07) is 0. The number of ether oxygens (including phenoxy) is 5. The lowest BCUT2D eigenvalue weighted by Gasteiger charge is -2.31. The van der Waals surface area contributed by atoms with Gasteiger partial charge in [0.25, 0.3) is 0 Å². The second-order valence-electron chi connectivity index (χ2n) is 8.40. The maximum atomic E-state index is 13.5. The molecule has 5 atom stereocenters. The Bertz CT molecular complexity index is 620. The lowest BCUT2D eigenvalue weighted by atomic mass is 10.1. The molecule has 26 heavy (non-hydrogen) atoms. The van der Waals surface area contributed by atoms with Gasteiger partial charge >= 0.3 is 7.67 Å². The van der Waals surface area contributed by atoms with Crippen molar-refractivity contribution in [2.75, 3.05) is 32.8 Å². The van der Waals surface area contributed by atoms with Crippen LogP contribution < -0.4 is 0 Å². The van der Waals surface area contributed by atoms with Gasteiger partial charge in [0.1, 0.15) is 24.4 Å². The van der Waals surface area contributed by atoms with Crippen LogP contribution in [0.4, 0.5) is 0 Å². The molecular weight excluding hydrogens is 363 g/mol. The summed E-state index contributed by atoms with van der Waals surface area (Å²) in [6.45, 7) is 11.0. The number of rotatable bonds is 5. The molecule has 0 spiro atoms. The number of hydrogen-bond donors (Lipinski definition) is 0. The molecule has 0 saturated carbocycles. The van der Waals surface area contributed by atoms with E-state index in [2.05, 4.69) is 0 Å². The van der Waals surface area contributed by atoms with E-state index in [1.807, 2.05) is 37.0 Å². The van der Waals surface area contributed by atoms with Crippen molar-refractivity contribution >= 4 is 7.67 Å². The third kappa shape index (κ3) is 3.07. The van der Waals surface area contributed by atoms with E-state index in [0.29, 0.717) is 6.61 Å². The molecule has 148 valence electrons. The molecule has 0 radical (unpaired) electrons. The monoisotopic (exact) mass is 390 g/mol. The molecule has 0 aromatic rings. The van der Waals surface area contributed by atoms with Crippen molar-refractivity contribution in [3.63, 3.8) is 0 Å². The molecule has 0 unspecified atom stereocenters. The van der Waals surface area contributed by atoms with E-state index >= 15 is 0 Å². The molecular formula is C16H27N2O7P. The summed E-state index contributed by atoms with van der Waals surface area (Å²) in [6.07, 6.45) is -2.35. The van der Waals surface area contributed by atoms with Crippen LogP contribution in [-0.2, 0) is 32.8 Å². The number of fused-ring (bicyclic) bond motifs is 1. The van der Waals surface area contributed by atoms with Gasteiger partial charge in [-0.25, -0.2) is 9.34 Å². The minimum Gasteiger partial charge on any atom is -0.348 e. The van der Waals surface area contributed by atoms with Crippen LogP contribution in [0.5, 0.6) is 0 Å². The minimum absolute atomic E-state index is 0.326. The molecule has 0 amide bonds. The van der Waals surface area contributed by atoms with E-state index in [0.717, 1.165) is 26.2 Å². The average molecular weight is 390 g/mol. The smallest absolute Gasteiger partial charge is 0.346 e. The first-order chi connectivity index (χ1) is 12.2. The van der Waals surface area contributed by atoms with Crippen LogP contribution in [0.15, 0.2) is 0 Å². The predicted octanol–water partition coefficient (Wildman–Crippen LogP) is 1.14. The molecule has 5 fully saturated rings. The van der Waals surface area contributed by atoms with Crippen molar-refractivity contribution in [1.29, 1.82) is 0 Å². The van der Waals surface area contributed by atoms with Crippen molar-refractivity contribution < 1.29 is 32.8 Å². The van der Waals surface area contributed by atoms with E-state index in [1.165, 1.54) is 0 Å². The zero-order chi connectivity index (χ0) is 18.3. The fraction of sp³-hybridized carbons (Fsp3) is 1.00. The Hall–Kier alpha value is -0.0900. The summed E-state index contributed by atoms with van der Waals surface area (Å²) in [7, 11) is -3.04. The minimum atomic E-state index is -3.04. The quantitative estimate of drug-likeness (QED) is 0.507. The predicted molar refractivity (Wildman–Crippen MR) is 89.2 cm³/mol. The first-order valence-corrected chi connectivity index (χ1v) is 10.8. The fourth-order valence-corrected chi connectivity index (χ4v) is 6.24. The van der Waals surface area contributed by atoms with E-state index in [-0.39, 0.29) is 6.10 Å². The van der Waals surface area contributed by atoms with Crippen molar-refractivity contribution in [3.8, 4) is 0 Å². The van der Waals surface area contributed by atoms with Gasteiger partial charge in [0.05, 0.1) is 6.61 Å². The molecule has 5 saturated heterocycles. The first-order valence-electron chi connectivity index (χ1n) is 9.29. The van der Waals surface area contributed by atoms with E-state index < -0.39 is 43.8 Å². The molecule has 0 aromatic carbocycles. The highest BCUT2D eigenvalue weighted by Crippen LogP contribution is 2.63. The summed E-state index contributed by atoms with van der Waals surface area (Å²) >= 11 is 0. The Balaban J connectivity index is 1.41. The van der Waals surface area contributed by atoms with E-state index in [9.17, 15) is 4.57 Å². The fourth-order valence-electron chi connectivity index (χ4n) is 3.87. The van der Waals surface area contributed by atoms with Crippen molar-refractivity contribution in [3.05, 3.63) is 0 Å². The molecule has 5 heterocycles. The van der Waals surface area contributed by atoms with Gasteiger partial charge in [0, 0.05) is 26.2 Å². The van der Waals surface area contributed by atoms with Gasteiger partial charge in [0.2, 0.25) is 0 Å². The summed E-state index contributed by atoms with van der Waals surface area (Å²) < 4.78 is 53.3. The Morgan fingerprint density at radius 2 is 1.58 bits per heavy atom.